The minimum absolute atomic E-state index is 0.888. The van der Waals surface area contributed by atoms with Crippen molar-refractivity contribution in [1.29, 1.82) is 0 Å². The zero-order chi connectivity index (χ0) is 8.69. The third kappa shape index (κ3) is 7.90. The number of hydrogen-bond acceptors (Lipinski definition) is 0. The largest absolute Gasteiger partial charge is 0.0654 e. The van der Waals surface area contributed by atoms with Crippen LogP contribution in [0.4, 0.5) is 0 Å². The molecule has 0 N–H and O–H groups in total. The maximum Gasteiger partial charge on any atom is -0.0443 e. The maximum atomic E-state index is 2.39. The molecule has 0 spiro atoms. The predicted molar refractivity (Wildman–Crippen MR) is 52.8 cm³/mol. The molecule has 0 saturated carbocycles. The molecule has 0 heterocycles. The summed E-state index contributed by atoms with van der Waals surface area (Å²) in [6.07, 6.45) is 7.04. The third-order valence-electron chi connectivity index (χ3n) is 2.29. The van der Waals surface area contributed by atoms with E-state index in [9.17, 15) is 0 Å². The van der Waals surface area contributed by atoms with Gasteiger partial charge >= 0.3 is 0 Å². The summed E-state index contributed by atoms with van der Waals surface area (Å²) >= 11 is 0. The molecule has 0 aromatic heterocycles. The highest BCUT2D eigenvalue weighted by atomic mass is 14.1. The van der Waals surface area contributed by atoms with Gasteiger partial charge in [-0.2, -0.15) is 0 Å². The number of unbranched alkanes of at least 4 members (excludes halogenated alkanes) is 1. The highest BCUT2D eigenvalue weighted by molar-refractivity contribution is 4.55. The zero-order valence-corrected chi connectivity index (χ0v) is 8.69. The topological polar surface area (TPSA) is 0 Å². The zero-order valence-electron chi connectivity index (χ0n) is 8.69. The van der Waals surface area contributed by atoms with Gasteiger partial charge in [-0.15, -0.1) is 0 Å². The minimum atomic E-state index is 0.888. The summed E-state index contributed by atoms with van der Waals surface area (Å²) in [5.74, 6) is 1.84. The first-order valence-corrected chi connectivity index (χ1v) is 5.16. The van der Waals surface area contributed by atoms with Crippen LogP contribution < -0.4 is 0 Å². The summed E-state index contributed by atoms with van der Waals surface area (Å²) in [6.45, 7) is 9.28. The van der Waals surface area contributed by atoms with Gasteiger partial charge in [0.1, 0.15) is 0 Å². The molecule has 0 aliphatic rings. The monoisotopic (exact) mass is 156 g/mol. The second kappa shape index (κ2) is 6.69. The summed E-state index contributed by atoms with van der Waals surface area (Å²) in [7, 11) is 0. The van der Waals surface area contributed by atoms with Gasteiger partial charge in [0.25, 0.3) is 0 Å². The van der Waals surface area contributed by atoms with Crippen molar-refractivity contribution in [1.82, 2.24) is 0 Å². The summed E-state index contributed by atoms with van der Waals surface area (Å²) in [6, 6.07) is 0. The fourth-order valence-electron chi connectivity index (χ4n) is 1.31. The summed E-state index contributed by atoms with van der Waals surface area (Å²) < 4.78 is 0. The van der Waals surface area contributed by atoms with Crippen molar-refractivity contribution in [3.63, 3.8) is 0 Å². The molecule has 0 amide bonds. The van der Waals surface area contributed by atoms with Crippen molar-refractivity contribution in [2.75, 3.05) is 0 Å². The molecule has 1 unspecified atom stereocenters. The highest BCUT2D eigenvalue weighted by Crippen LogP contribution is 2.16. The van der Waals surface area contributed by atoms with Gasteiger partial charge in [0.2, 0.25) is 0 Å². The molecule has 0 radical (unpaired) electrons. The molecule has 0 nitrogen and oxygen atoms in total. The summed E-state index contributed by atoms with van der Waals surface area (Å²) in [4.78, 5) is 0. The highest BCUT2D eigenvalue weighted by Gasteiger charge is 2.02. The molecule has 0 aromatic carbocycles. The lowest BCUT2D eigenvalue weighted by Crippen LogP contribution is -1.97. The first-order chi connectivity index (χ1) is 5.16. The van der Waals surface area contributed by atoms with Gasteiger partial charge in [-0.05, 0) is 11.8 Å². The van der Waals surface area contributed by atoms with E-state index in [-0.39, 0.29) is 0 Å². The Morgan fingerprint density at radius 3 is 2.00 bits per heavy atom. The molecule has 0 rings (SSSR count). The van der Waals surface area contributed by atoms with Crippen LogP contribution in [-0.2, 0) is 0 Å². The van der Waals surface area contributed by atoms with Crippen molar-refractivity contribution in [2.24, 2.45) is 11.8 Å². The molecule has 0 aliphatic carbocycles. The van der Waals surface area contributed by atoms with Crippen molar-refractivity contribution in [2.45, 2.75) is 59.8 Å². The first-order valence-electron chi connectivity index (χ1n) is 5.16. The van der Waals surface area contributed by atoms with Gasteiger partial charge in [-0.1, -0.05) is 59.8 Å². The van der Waals surface area contributed by atoms with E-state index < -0.39 is 0 Å². The van der Waals surface area contributed by atoms with E-state index in [0.717, 1.165) is 11.8 Å². The first kappa shape index (κ1) is 11.0. The molecule has 0 bridgehead atoms. The molecular weight excluding hydrogens is 132 g/mol. The third-order valence-corrected chi connectivity index (χ3v) is 2.29. The molecule has 1 atom stereocenters. The van der Waals surface area contributed by atoms with Crippen LogP contribution in [0.2, 0.25) is 0 Å². The Balaban J connectivity index is 3.15. The van der Waals surface area contributed by atoms with Crippen LogP contribution in [0.5, 0.6) is 0 Å². The van der Waals surface area contributed by atoms with Crippen LogP contribution in [0.15, 0.2) is 0 Å². The van der Waals surface area contributed by atoms with Crippen molar-refractivity contribution >= 4 is 0 Å². The molecule has 11 heavy (non-hydrogen) atoms. The average Bonchev–Trinajstić information content (AvgIpc) is 1.97. The Labute approximate surface area is 72.4 Å². The van der Waals surface area contributed by atoms with Gasteiger partial charge in [-0.3, -0.25) is 0 Å². The summed E-state index contributed by atoms with van der Waals surface area (Å²) in [5, 5.41) is 0. The summed E-state index contributed by atoms with van der Waals surface area (Å²) in [5.41, 5.74) is 0. The average molecular weight is 156 g/mol. The number of hydrogen-bond donors (Lipinski definition) is 0. The normalized spacial score (nSPS) is 13.9. The molecular formula is C11H24. The minimum Gasteiger partial charge on any atom is -0.0654 e. The van der Waals surface area contributed by atoms with E-state index in [1.807, 2.05) is 0 Å². The van der Waals surface area contributed by atoms with Crippen LogP contribution >= 0.6 is 0 Å². The Morgan fingerprint density at radius 1 is 0.909 bits per heavy atom. The van der Waals surface area contributed by atoms with E-state index in [2.05, 4.69) is 27.7 Å². The van der Waals surface area contributed by atoms with Crippen LogP contribution in [0, 0.1) is 11.8 Å². The van der Waals surface area contributed by atoms with Gasteiger partial charge < -0.3 is 0 Å². The van der Waals surface area contributed by atoms with Crippen LogP contribution in [0.3, 0.4) is 0 Å². The standard InChI is InChI=1S/C11H24/c1-5-6-7-11(4)9-8-10(2)3/h10-11H,5-9H2,1-4H3. The molecule has 0 fully saturated rings. The molecule has 68 valence electrons. The Bertz CT molecular complexity index is 74.1. The van der Waals surface area contributed by atoms with Crippen LogP contribution in [-0.4, -0.2) is 0 Å². The van der Waals surface area contributed by atoms with Crippen molar-refractivity contribution in [3.05, 3.63) is 0 Å². The van der Waals surface area contributed by atoms with E-state index in [1.165, 1.54) is 32.1 Å². The molecule has 0 aliphatic heterocycles. The van der Waals surface area contributed by atoms with Crippen molar-refractivity contribution in [3.8, 4) is 0 Å². The van der Waals surface area contributed by atoms with E-state index in [4.69, 9.17) is 0 Å². The Kier molecular flexibility index (Phi) is 6.69. The van der Waals surface area contributed by atoms with Gasteiger partial charge in [-0.25, -0.2) is 0 Å². The van der Waals surface area contributed by atoms with Gasteiger partial charge in [0.15, 0.2) is 0 Å². The SMILES string of the molecule is CCCCC(C)CCC(C)C. The molecule has 0 heteroatoms. The Hall–Kier alpha value is 0. The molecule has 0 aromatic rings. The fraction of sp³-hybridized carbons (Fsp3) is 1.00. The quantitative estimate of drug-likeness (QED) is 0.539. The van der Waals surface area contributed by atoms with E-state index >= 15 is 0 Å². The van der Waals surface area contributed by atoms with Crippen molar-refractivity contribution < 1.29 is 0 Å². The second-order valence-electron chi connectivity index (χ2n) is 4.22. The maximum absolute atomic E-state index is 2.39. The van der Waals surface area contributed by atoms with Crippen LogP contribution in [0.1, 0.15) is 59.8 Å². The molecule has 0 saturated heterocycles. The van der Waals surface area contributed by atoms with Gasteiger partial charge in [0, 0.05) is 0 Å². The fourth-order valence-corrected chi connectivity index (χ4v) is 1.31. The number of rotatable bonds is 6. The van der Waals surface area contributed by atoms with E-state index in [0.29, 0.717) is 0 Å². The van der Waals surface area contributed by atoms with Gasteiger partial charge in [0.05, 0.1) is 0 Å². The van der Waals surface area contributed by atoms with Crippen LogP contribution in [0.25, 0.3) is 0 Å². The predicted octanol–water partition coefficient (Wildman–Crippen LogP) is 4.25. The lowest BCUT2D eigenvalue weighted by Gasteiger charge is -2.11. The smallest absolute Gasteiger partial charge is 0.0443 e. The van der Waals surface area contributed by atoms with E-state index in [1.54, 1.807) is 0 Å². The lowest BCUT2D eigenvalue weighted by molar-refractivity contribution is 0.417. The lowest BCUT2D eigenvalue weighted by atomic mass is 9.95. The Morgan fingerprint density at radius 2 is 1.55 bits per heavy atom. The second-order valence-corrected chi connectivity index (χ2v) is 4.22.